The Hall–Kier alpha value is -2.92. The van der Waals surface area contributed by atoms with Crippen LogP contribution in [0, 0.1) is 12.7 Å². The number of hydrogen-bond donors (Lipinski definition) is 1. The van der Waals surface area contributed by atoms with Gasteiger partial charge < -0.3 is 9.73 Å². The molecule has 0 saturated heterocycles. The lowest BCUT2D eigenvalue weighted by Crippen LogP contribution is -2.22. The summed E-state index contributed by atoms with van der Waals surface area (Å²) >= 11 is 5.79. The number of nitrogens with one attached hydrogen (secondary N) is 1. The van der Waals surface area contributed by atoms with Crippen molar-refractivity contribution in [2.75, 3.05) is 5.32 Å². The number of para-hydroxylation sites is 1. The molecule has 1 heterocycles. The van der Waals surface area contributed by atoms with Gasteiger partial charge in [0.25, 0.3) is 11.7 Å². The number of carbonyl (C=O) groups is 2. The maximum absolute atomic E-state index is 13.3. The molecule has 3 rings (SSSR count). The number of benzene rings is 2. The van der Waals surface area contributed by atoms with Crippen LogP contribution in [-0.2, 0) is 4.79 Å². The molecule has 0 spiro atoms. The van der Waals surface area contributed by atoms with Crippen molar-refractivity contribution in [3.05, 3.63) is 77.0 Å². The van der Waals surface area contributed by atoms with Crippen molar-refractivity contribution >= 4 is 29.0 Å². The summed E-state index contributed by atoms with van der Waals surface area (Å²) in [5.41, 5.74) is 1.67. The molecule has 3 aromatic rings. The van der Waals surface area contributed by atoms with Crippen molar-refractivity contribution in [3.8, 4) is 11.1 Å². The first-order valence-corrected chi connectivity index (χ1v) is 7.80. The van der Waals surface area contributed by atoms with Gasteiger partial charge in [0.15, 0.2) is 5.76 Å². The normalized spacial score (nSPS) is 10.5. The molecule has 0 aliphatic carbocycles. The fourth-order valence-electron chi connectivity index (χ4n) is 2.37. The first kappa shape index (κ1) is 16.9. The summed E-state index contributed by atoms with van der Waals surface area (Å²) in [6.45, 7) is 1.65. The predicted octanol–water partition coefficient (Wildman–Crippen LogP) is 4.87. The fourth-order valence-corrected chi connectivity index (χ4v) is 2.55. The smallest absolute Gasteiger partial charge is 0.300 e. The lowest BCUT2D eigenvalue weighted by molar-refractivity contribution is -0.112. The Bertz CT molecular complexity index is 951. The molecule has 0 saturated carbocycles. The molecular formula is C19H13ClFNO3. The number of amides is 1. The predicted molar refractivity (Wildman–Crippen MR) is 93.3 cm³/mol. The van der Waals surface area contributed by atoms with Crippen molar-refractivity contribution < 1.29 is 18.4 Å². The van der Waals surface area contributed by atoms with E-state index in [4.69, 9.17) is 16.0 Å². The first-order valence-electron chi connectivity index (χ1n) is 7.42. The third-order valence-corrected chi connectivity index (χ3v) is 3.90. The van der Waals surface area contributed by atoms with Gasteiger partial charge in [-0.3, -0.25) is 9.59 Å². The zero-order chi connectivity index (χ0) is 18.0. The molecule has 1 amide bonds. The van der Waals surface area contributed by atoms with Crippen LogP contribution in [0.1, 0.15) is 16.3 Å². The second-order valence-electron chi connectivity index (χ2n) is 5.36. The van der Waals surface area contributed by atoms with Crippen LogP contribution in [0.2, 0.25) is 5.02 Å². The third-order valence-electron chi connectivity index (χ3n) is 3.61. The zero-order valence-electron chi connectivity index (χ0n) is 13.2. The summed E-state index contributed by atoms with van der Waals surface area (Å²) < 4.78 is 18.7. The molecule has 2 aromatic carbocycles. The molecule has 0 aliphatic heterocycles. The van der Waals surface area contributed by atoms with Gasteiger partial charge in [0, 0.05) is 11.3 Å². The number of furan rings is 1. The van der Waals surface area contributed by atoms with Gasteiger partial charge in [0.1, 0.15) is 11.6 Å². The minimum atomic E-state index is -0.802. The minimum absolute atomic E-state index is 0.0344. The molecule has 0 aliphatic rings. The van der Waals surface area contributed by atoms with Crippen LogP contribution >= 0.6 is 11.6 Å². The van der Waals surface area contributed by atoms with Crippen molar-refractivity contribution in [2.24, 2.45) is 0 Å². The Morgan fingerprint density at radius 2 is 1.80 bits per heavy atom. The van der Waals surface area contributed by atoms with E-state index >= 15 is 0 Å². The molecule has 0 atom stereocenters. The number of hydrogen-bond acceptors (Lipinski definition) is 3. The van der Waals surface area contributed by atoms with Crippen LogP contribution in [0.3, 0.4) is 0 Å². The Kier molecular flexibility index (Phi) is 4.67. The average Bonchev–Trinajstić information content (AvgIpc) is 2.99. The molecular weight excluding hydrogens is 345 g/mol. The molecule has 4 nitrogen and oxygen atoms in total. The van der Waals surface area contributed by atoms with Crippen LogP contribution in [-0.4, -0.2) is 11.7 Å². The van der Waals surface area contributed by atoms with Crippen LogP contribution in [0.15, 0.2) is 59.0 Å². The van der Waals surface area contributed by atoms with Gasteiger partial charge in [-0.1, -0.05) is 35.9 Å². The highest BCUT2D eigenvalue weighted by Crippen LogP contribution is 2.30. The van der Waals surface area contributed by atoms with Gasteiger partial charge in [-0.2, -0.15) is 0 Å². The van der Waals surface area contributed by atoms with Crippen LogP contribution < -0.4 is 5.32 Å². The highest BCUT2D eigenvalue weighted by molar-refractivity contribution is 6.46. The molecule has 25 heavy (non-hydrogen) atoms. The maximum Gasteiger partial charge on any atom is 0.300 e. The van der Waals surface area contributed by atoms with E-state index < -0.39 is 17.5 Å². The largest absolute Gasteiger partial charge is 0.457 e. The average molecular weight is 358 g/mol. The van der Waals surface area contributed by atoms with Crippen molar-refractivity contribution in [1.82, 2.24) is 0 Å². The minimum Gasteiger partial charge on any atom is -0.457 e. The van der Waals surface area contributed by atoms with Gasteiger partial charge >= 0.3 is 0 Å². The van der Waals surface area contributed by atoms with Crippen molar-refractivity contribution in [2.45, 2.75) is 6.92 Å². The van der Waals surface area contributed by atoms with Crippen molar-refractivity contribution in [3.63, 3.8) is 0 Å². The summed E-state index contributed by atoms with van der Waals surface area (Å²) in [5, 5.41) is 2.47. The van der Waals surface area contributed by atoms with E-state index in [0.717, 1.165) is 0 Å². The number of aryl methyl sites for hydroxylation is 1. The fraction of sp³-hybridized carbons (Fsp3) is 0.0526. The van der Waals surface area contributed by atoms with E-state index in [1.165, 1.54) is 24.3 Å². The van der Waals surface area contributed by atoms with Gasteiger partial charge in [-0.15, -0.1) is 0 Å². The summed E-state index contributed by atoms with van der Waals surface area (Å²) in [5.74, 6) is -1.81. The monoisotopic (exact) mass is 357 g/mol. The number of ketones is 1. The lowest BCUT2D eigenvalue weighted by Gasteiger charge is -2.02. The van der Waals surface area contributed by atoms with E-state index in [2.05, 4.69) is 5.32 Å². The van der Waals surface area contributed by atoms with E-state index in [1.807, 2.05) is 0 Å². The number of anilines is 1. The van der Waals surface area contributed by atoms with E-state index in [-0.39, 0.29) is 10.8 Å². The van der Waals surface area contributed by atoms with Crippen LogP contribution in [0.4, 0.5) is 10.1 Å². The second kappa shape index (κ2) is 6.91. The lowest BCUT2D eigenvalue weighted by atomic mass is 10.1. The molecule has 0 radical (unpaired) electrons. The Morgan fingerprint density at radius 1 is 1.08 bits per heavy atom. The molecule has 1 aromatic heterocycles. The number of Topliss-reactive ketones (excluding diaryl/α,β-unsaturated/α-hetero) is 1. The maximum atomic E-state index is 13.3. The van der Waals surface area contributed by atoms with Crippen LogP contribution in [0.25, 0.3) is 11.1 Å². The highest BCUT2D eigenvalue weighted by Gasteiger charge is 2.22. The summed E-state index contributed by atoms with van der Waals surface area (Å²) in [6, 6.07) is 14.3. The number of rotatable bonds is 4. The molecule has 0 bridgehead atoms. The van der Waals surface area contributed by atoms with Gasteiger partial charge in [0.05, 0.1) is 5.02 Å². The molecule has 1 N–H and O–H groups in total. The molecule has 6 heteroatoms. The Balaban J connectivity index is 1.85. The van der Waals surface area contributed by atoms with Crippen LogP contribution in [0.5, 0.6) is 0 Å². The van der Waals surface area contributed by atoms with E-state index in [1.54, 1.807) is 37.3 Å². The Labute approximate surface area is 148 Å². The quantitative estimate of drug-likeness (QED) is 0.535. The summed E-state index contributed by atoms with van der Waals surface area (Å²) in [7, 11) is 0. The highest BCUT2D eigenvalue weighted by atomic mass is 35.5. The molecule has 0 fully saturated rings. The first-order chi connectivity index (χ1) is 12.0. The molecule has 126 valence electrons. The van der Waals surface area contributed by atoms with Crippen molar-refractivity contribution in [1.29, 1.82) is 0 Å². The second-order valence-corrected chi connectivity index (χ2v) is 5.77. The Morgan fingerprint density at radius 3 is 2.48 bits per heavy atom. The SMILES string of the molecule is Cc1oc(C(=O)C(=O)Nc2ccccc2)cc1-c1ccc(F)c(Cl)c1. The summed E-state index contributed by atoms with van der Waals surface area (Å²) in [6.07, 6.45) is 0. The standard InChI is InChI=1S/C19H13ClFNO3/c1-11-14(12-7-8-16(21)15(20)9-12)10-17(25-11)18(23)19(24)22-13-5-3-2-4-6-13/h2-10H,1H3,(H,22,24). The topological polar surface area (TPSA) is 59.3 Å². The third kappa shape index (κ3) is 3.61. The van der Waals surface area contributed by atoms with E-state index in [9.17, 15) is 14.0 Å². The van der Waals surface area contributed by atoms with Gasteiger partial charge in [0.2, 0.25) is 0 Å². The van der Waals surface area contributed by atoms with Gasteiger partial charge in [-0.25, -0.2) is 4.39 Å². The molecule has 0 unspecified atom stereocenters. The van der Waals surface area contributed by atoms with E-state index in [0.29, 0.717) is 22.6 Å². The zero-order valence-corrected chi connectivity index (χ0v) is 13.9. The number of carbonyl (C=O) groups excluding carboxylic acids is 2. The van der Waals surface area contributed by atoms with Gasteiger partial charge in [-0.05, 0) is 42.8 Å². The summed E-state index contributed by atoms with van der Waals surface area (Å²) in [4.78, 5) is 24.4. The number of halogens is 2.